The molecule has 0 radical (unpaired) electrons. The molecule has 34 heavy (non-hydrogen) atoms. The highest BCUT2D eigenvalue weighted by Gasteiger charge is 2.24. The van der Waals surface area contributed by atoms with Crippen LogP contribution in [0.15, 0.2) is 30.7 Å². The highest BCUT2D eigenvalue weighted by Crippen LogP contribution is 2.39. The highest BCUT2D eigenvalue weighted by atomic mass is 15.3. The summed E-state index contributed by atoms with van der Waals surface area (Å²) in [5.41, 5.74) is 9.98. The van der Waals surface area contributed by atoms with Crippen LogP contribution in [-0.4, -0.2) is 44.1 Å². The molecule has 5 heteroatoms. The van der Waals surface area contributed by atoms with E-state index < -0.39 is 0 Å². The topological polar surface area (TPSA) is 49.2 Å². The van der Waals surface area contributed by atoms with Crippen LogP contribution < -0.4 is 0 Å². The zero-order chi connectivity index (χ0) is 24.0. The summed E-state index contributed by atoms with van der Waals surface area (Å²) >= 11 is 0. The van der Waals surface area contributed by atoms with Crippen molar-refractivity contribution in [2.24, 2.45) is 5.92 Å². The molecule has 0 atom stereocenters. The first kappa shape index (κ1) is 23.1. The van der Waals surface area contributed by atoms with Crippen LogP contribution in [0.1, 0.15) is 81.0 Å². The van der Waals surface area contributed by atoms with E-state index in [0.29, 0.717) is 11.8 Å². The molecule has 0 unspecified atom stereocenters. The molecule has 1 aromatic carbocycles. The van der Waals surface area contributed by atoms with E-state index >= 15 is 0 Å². The van der Waals surface area contributed by atoms with Gasteiger partial charge in [0.25, 0.3) is 0 Å². The summed E-state index contributed by atoms with van der Waals surface area (Å²) in [4.78, 5) is 10.9. The van der Waals surface area contributed by atoms with Crippen molar-refractivity contribution in [2.75, 3.05) is 19.6 Å². The lowest BCUT2D eigenvalue weighted by Crippen LogP contribution is -2.34. The highest BCUT2D eigenvalue weighted by molar-refractivity contribution is 5.92. The third-order valence-corrected chi connectivity index (χ3v) is 7.92. The van der Waals surface area contributed by atoms with Gasteiger partial charge in [0.1, 0.15) is 6.33 Å². The van der Waals surface area contributed by atoms with E-state index in [0.717, 1.165) is 11.6 Å². The van der Waals surface area contributed by atoms with Gasteiger partial charge in [0, 0.05) is 22.7 Å². The normalized spacial score (nSPS) is 16.0. The van der Waals surface area contributed by atoms with Crippen LogP contribution in [0.2, 0.25) is 0 Å². The number of pyridine rings is 1. The fourth-order valence-corrected chi connectivity index (χ4v) is 5.68. The lowest BCUT2D eigenvalue weighted by atomic mass is 9.87. The third-order valence-electron chi connectivity index (χ3n) is 7.92. The molecule has 5 nitrogen and oxygen atoms in total. The smallest absolute Gasteiger partial charge is 0.158 e. The van der Waals surface area contributed by atoms with Gasteiger partial charge in [-0.05, 0) is 105 Å². The van der Waals surface area contributed by atoms with Gasteiger partial charge in [0.15, 0.2) is 5.65 Å². The molecule has 180 valence electrons. The maximum absolute atomic E-state index is 4.44. The number of fused-ring (bicyclic) bond motifs is 2. The average molecular weight is 458 g/mol. The molecular formula is C29H39N5. The fourth-order valence-electron chi connectivity index (χ4n) is 5.68. The van der Waals surface area contributed by atoms with Gasteiger partial charge in [-0.2, -0.15) is 5.10 Å². The number of aromatic nitrogens is 4. The van der Waals surface area contributed by atoms with E-state index in [1.54, 1.807) is 6.33 Å². The lowest BCUT2D eigenvalue weighted by molar-refractivity contribution is 0.202. The number of hydrogen-bond acceptors (Lipinski definition) is 3. The molecule has 1 aliphatic heterocycles. The monoisotopic (exact) mass is 457 g/mol. The summed E-state index contributed by atoms with van der Waals surface area (Å²) in [5.74, 6) is 1.87. The Morgan fingerprint density at radius 1 is 1.06 bits per heavy atom. The van der Waals surface area contributed by atoms with Crippen LogP contribution in [0.4, 0.5) is 0 Å². The summed E-state index contributed by atoms with van der Waals surface area (Å²) in [6.45, 7) is 17.3. The van der Waals surface area contributed by atoms with Gasteiger partial charge < -0.3 is 9.88 Å². The van der Waals surface area contributed by atoms with E-state index in [1.807, 2.05) is 4.52 Å². The van der Waals surface area contributed by atoms with Crippen LogP contribution in [0.5, 0.6) is 0 Å². The molecule has 1 aliphatic rings. The molecule has 0 bridgehead atoms. The minimum absolute atomic E-state index is 0.419. The predicted molar refractivity (Wildman–Crippen MR) is 142 cm³/mol. The zero-order valence-electron chi connectivity index (χ0n) is 21.7. The summed E-state index contributed by atoms with van der Waals surface area (Å²) in [6, 6.07) is 7.15. The second-order valence-corrected chi connectivity index (χ2v) is 11.0. The van der Waals surface area contributed by atoms with Crippen LogP contribution in [0.25, 0.3) is 27.8 Å². The van der Waals surface area contributed by atoms with Crippen LogP contribution in [-0.2, 0) is 0 Å². The zero-order valence-corrected chi connectivity index (χ0v) is 21.7. The number of nitrogens with zero attached hydrogens (tertiary/aromatic N) is 4. The first-order chi connectivity index (χ1) is 16.3. The maximum Gasteiger partial charge on any atom is 0.158 e. The number of aromatic amines is 1. The number of piperidine rings is 1. The molecule has 1 fully saturated rings. The van der Waals surface area contributed by atoms with Crippen LogP contribution in [0.3, 0.4) is 0 Å². The van der Waals surface area contributed by atoms with E-state index in [2.05, 4.69) is 85.9 Å². The summed E-state index contributed by atoms with van der Waals surface area (Å²) in [7, 11) is 0. The molecule has 0 aliphatic carbocycles. The van der Waals surface area contributed by atoms with E-state index in [1.165, 1.54) is 83.3 Å². The molecule has 4 heterocycles. The van der Waals surface area contributed by atoms with Crippen molar-refractivity contribution in [1.29, 1.82) is 0 Å². The van der Waals surface area contributed by atoms with Gasteiger partial charge in [0.05, 0.1) is 5.69 Å². The van der Waals surface area contributed by atoms with Gasteiger partial charge >= 0.3 is 0 Å². The minimum Gasteiger partial charge on any atom is -0.354 e. The van der Waals surface area contributed by atoms with Crippen LogP contribution >= 0.6 is 0 Å². The standard InChI is InChI=1S/C29H39N5/c1-18(2)9-12-33-13-10-22(11-14-33)23-7-8-26-24(15-23)27(19(3)4)28(32-26)25-16-34-29(30-17-31-34)21(6)20(25)5/h7-8,15-19,22,32H,9-14H2,1-6H3. The lowest BCUT2D eigenvalue weighted by Gasteiger charge is -2.32. The molecule has 5 rings (SSSR count). The minimum atomic E-state index is 0.419. The van der Waals surface area contributed by atoms with Crippen molar-refractivity contribution in [3.63, 3.8) is 0 Å². The Morgan fingerprint density at radius 2 is 1.82 bits per heavy atom. The van der Waals surface area contributed by atoms with Gasteiger partial charge in [-0.15, -0.1) is 0 Å². The van der Waals surface area contributed by atoms with Crippen LogP contribution in [0, 0.1) is 19.8 Å². The molecule has 4 aromatic rings. The first-order valence-electron chi connectivity index (χ1n) is 13.0. The Hall–Kier alpha value is -2.66. The van der Waals surface area contributed by atoms with Gasteiger partial charge in [0.2, 0.25) is 0 Å². The first-order valence-corrected chi connectivity index (χ1v) is 13.0. The average Bonchev–Trinajstić information content (AvgIpc) is 3.44. The largest absolute Gasteiger partial charge is 0.354 e. The quantitative estimate of drug-likeness (QED) is 0.345. The molecule has 0 amide bonds. The Labute approximate surface area is 203 Å². The number of rotatable bonds is 6. The van der Waals surface area contributed by atoms with Gasteiger partial charge in [-0.25, -0.2) is 9.50 Å². The Morgan fingerprint density at radius 3 is 2.53 bits per heavy atom. The fraction of sp³-hybridized carbons (Fsp3) is 0.517. The molecule has 1 N–H and O–H groups in total. The predicted octanol–water partition coefficient (Wildman–Crippen LogP) is 6.84. The van der Waals surface area contributed by atoms with Gasteiger partial charge in [-0.1, -0.05) is 33.8 Å². The number of hydrogen-bond donors (Lipinski definition) is 1. The van der Waals surface area contributed by atoms with E-state index in [4.69, 9.17) is 0 Å². The SMILES string of the molecule is Cc1c(-c2[nH]c3ccc(C4CCN(CCC(C)C)CC4)cc3c2C(C)C)cn2ncnc2c1C. The Bertz CT molecular complexity index is 1300. The van der Waals surface area contributed by atoms with Crippen molar-refractivity contribution in [2.45, 2.75) is 72.6 Å². The number of H-pyrrole nitrogens is 1. The summed E-state index contributed by atoms with van der Waals surface area (Å²) in [5, 5.41) is 5.80. The summed E-state index contributed by atoms with van der Waals surface area (Å²) in [6.07, 6.45) is 7.60. The van der Waals surface area contributed by atoms with Crippen molar-refractivity contribution in [3.05, 3.63) is 53.0 Å². The molecule has 3 aromatic heterocycles. The maximum atomic E-state index is 4.44. The van der Waals surface area contributed by atoms with Gasteiger partial charge in [-0.3, -0.25) is 0 Å². The third kappa shape index (κ3) is 4.15. The Balaban J connectivity index is 1.50. The Kier molecular flexibility index (Phi) is 6.24. The van der Waals surface area contributed by atoms with E-state index in [9.17, 15) is 0 Å². The molecule has 0 spiro atoms. The molecular weight excluding hydrogens is 418 g/mol. The number of benzene rings is 1. The summed E-state index contributed by atoms with van der Waals surface area (Å²) < 4.78 is 1.91. The second kappa shape index (κ2) is 9.18. The van der Waals surface area contributed by atoms with E-state index in [-0.39, 0.29) is 0 Å². The molecule has 0 saturated carbocycles. The molecule has 1 saturated heterocycles. The van der Waals surface area contributed by atoms with Crippen molar-refractivity contribution >= 4 is 16.6 Å². The van der Waals surface area contributed by atoms with Crippen molar-refractivity contribution < 1.29 is 0 Å². The van der Waals surface area contributed by atoms with Crippen molar-refractivity contribution in [3.8, 4) is 11.3 Å². The number of aryl methyl sites for hydroxylation is 1. The van der Waals surface area contributed by atoms with Crippen molar-refractivity contribution in [1.82, 2.24) is 24.5 Å². The number of likely N-dealkylation sites (tertiary alicyclic amines) is 1. The second-order valence-electron chi connectivity index (χ2n) is 11.0. The number of nitrogens with one attached hydrogen (secondary N) is 1.